The van der Waals surface area contributed by atoms with Crippen molar-refractivity contribution in [3.05, 3.63) is 33.8 Å². The van der Waals surface area contributed by atoms with E-state index < -0.39 is 0 Å². The Morgan fingerprint density at radius 3 is 2.90 bits per heavy atom. The number of hydrogen-bond acceptors (Lipinski definition) is 6. The van der Waals surface area contributed by atoms with Crippen molar-refractivity contribution in [2.75, 3.05) is 12.0 Å². The first-order valence-corrected chi connectivity index (χ1v) is 9.86. The van der Waals surface area contributed by atoms with Crippen molar-refractivity contribution in [2.24, 2.45) is 0 Å². The van der Waals surface area contributed by atoms with Crippen LogP contribution < -0.4 is 0 Å². The quantitative estimate of drug-likeness (QED) is 0.523. The van der Waals surface area contributed by atoms with Crippen LogP contribution in [0.25, 0.3) is 0 Å². The lowest BCUT2D eigenvalue weighted by atomic mass is 10.1. The van der Waals surface area contributed by atoms with E-state index in [0.29, 0.717) is 10.6 Å². The van der Waals surface area contributed by atoms with Crippen LogP contribution in [-0.2, 0) is 6.42 Å². The molecule has 2 aromatic rings. The van der Waals surface area contributed by atoms with E-state index >= 15 is 0 Å². The molecule has 0 radical (unpaired) electrons. The predicted molar refractivity (Wildman–Crippen MR) is 92.2 cm³/mol. The second-order valence-corrected chi connectivity index (χ2v) is 7.95. The van der Waals surface area contributed by atoms with Crippen LogP contribution in [0.15, 0.2) is 27.4 Å². The average Bonchev–Trinajstić information content (AvgIpc) is 2.93. The smallest absolute Gasteiger partial charge is 0.174 e. The van der Waals surface area contributed by atoms with Crippen molar-refractivity contribution < 1.29 is 4.79 Å². The average molecular weight is 359 g/mol. The number of Topliss-reactive ketones (excluding diaryl/α,β-unsaturated/α-hetero) is 1. The first-order valence-electron chi connectivity index (χ1n) is 6.46. The number of rotatable bonds is 7. The van der Waals surface area contributed by atoms with Crippen molar-refractivity contribution in [2.45, 2.75) is 29.0 Å². The van der Waals surface area contributed by atoms with Gasteiger partial charge in [-0.2, -0.15) is 0 Å². The summed E-state index contributed by atoms with van der Waals surface area (Å²) in [4.78, 5) is 13.4. The summed E-state index contributed by atoms with van der Waals surface area (Å²) in [5, 5.41) is 9.41. The zero-order valence-corrected chi connectivity index (χ0v) is 15.0. The van der Waals surface area contributed by atoms with Gasteiger partial charge in [0.15, 0.2) is 10.1 Å². The number of thioether (sulfide) groups is 2. The summed E-state index contributed by atoms with van der Waals surface area (Å²) in [6, 6.07) is 5.51. The standard InChI is InChI=1S/C14H15ClN2OS3/c1-3-6-20-14-17-16-13(21-14)8-12(18)10-7-9(19-2)4-5-11(10)15/h4-5,7H,3,6,8H2,1-2H3. The molecule has 7 heteroatoms. The Balaban J connectivity index is 2.09. The number of carbonyl (C=O) groups is 1. The van der Waals surface area contributed by atoms with E-state index in [9.17, 15) is 4.79 Å². The predicted octanol–water partition coefficient (Wildman–Crippen LogP) is 4.84. The molecule has 0 amide bonds. The van der Waals surface area contributed by atoms with Gasteiger partial charge in [0.25, 0.3) is 0 Å². The van der Waals surface area contributed by atoms with E-state index in [2.05, 4.69) is 17.1 Å². The lowest BCUT2D eigenvalue weighted by Gasteiger charge is -2.04. The molecule has 0 saturated carbocycles. The molecule has 2 rings (SSSR count). The van der Waals surface area contributed by atoms with Crippen molar-refractivity contribution in [3.8, 4) is 0 Å². The topological polar surface area (TPSA) is 42.9 Å². The third-order valence-electron chi connectivity index (χ3n) is 2.66. The summed E-state index contributed by atoms with van der Waals surface area (Å²) in [5.74, 6) is 1.00. The van der Waals surface area contributed by atoms with Crippen LogP contribution in [0, 0.1) is 0 Å². The first-order chi connectivity index (χ1) is 10.1. The molecule has 0 saturated heterocycles. The Labute approximate surface area is 141 Å². The highest BCUT2D eigenvalue weighted by Crippen LogP contribution is 2.26. The maximum absolute atomic E-state index is 12.4. The number of halogens is 1. The molecular formula is C14H15ClN2OS3. The normalized spacial score (nSPS) is 10.8. The third kappa shape index (κ3) is 4.71. The highest BCUT2D eigenvalue weighted by atomic mass is 35.5. The van der Waals surface area contributed by atoms with Gasteiger partial charge in [-0.25, -0.2) is 0 Å². The molecule has 112 valence electrons. The van der Waals surface area contributed by atoms with Gasteiger partial charge in [-0.05, 0) is 30.9 Å². The molecular weight excluding hydrogens is 344 g/mol. The molecule has 1 aromatic carbocycles. The minimum atomic E-state index is -0.0147. The third-order valence-corrected chi connectivity index (χ3v) is 5.98. The van der Waals surface area contributed by atoms with Crippen LogP contribution in [0.3, 0.4) is 0 Å². The van der Waals surface area contributed by atoms with Crippen LogP contribution >= 0.6 is 46.5 Å². The molecule has 1 heterocycles. The van der Waals surface area contributed by atoms with Gasteiger partial charge in [-0.3, -0.25) is 4.79 Å². The summed E-state index contributed by atoms with van der Waals surface area (Å²) in [5.41, 5.74) is 0.557. The lowest BCUT2D eigenvalue weighted by molar-refractivity contribution is 0.0992. The number of hydrogen-bond donors (Lipinski definition) is 0. The van der Waals surface area contributed by atoms with E-state index in [-0.39, 0.29) is 12.2 Å². The van der Waals surface area contributed by atoms with Crippen LogP contribution in [-0.4, -0.2) is 28.0 Å². The highest BCUT2D eigenvalue weighted by Gasteiger charge is 2.15. The van der Waals surface area contributed by atoms with Crippen LogP contribution in [0.2, 0.25) is 5.02 Å². The van der Waals surface area contributed by atoms with Gasteiger partial charge in [0.2, 0.25) is 0 Å². The summed E-state index contributed by atoms with van der Waals surface area (Å²) < 4.78 is 0.920. The highest BCUT2D eigenvalue weighted by molar-refractivity contribution is 8.01. The van der Waals surface area contributed by atoms with Gasteiger partial charge < -0.3 is 0 Å². The van der Waals surface area contributed by atoms with Gasteiger partial charge in [-0.1, -0.05) is 41.6 Å². The van der Waals surface area contributed by atoms with Gasteiger partial charge in [-0.15, -0.1) is 22.0 Å². The molecule has 0 aliphatic carbocycles. The molecule has 3 nitrogen and oxygen atoms in total. The van der Waals surface area contributed by atoms with Gasteiger partial charge in [0, 0.05) is 16.2 Å². The maximum atomic E-state index is 12.4. The van der Waals surface area contributed by atoms with E-state index in [1.165, 1.54) is 11.3 Å². The minimum absolute atomic E-state index is 0.0147. The molecule has 0 aliphatic heterocycles. The van der Waals surface area contributed by atoms with Gasteiger partial charge in [0.05, 0.1) is 11.4 Å². The number of carbonyl (C=O) groups excluding carboxylic acids is 1. The molecule has 0 atom stereocenters. The summed E-state index contributed by atoms with van der Waals surface area (Å²) in [6.07, 6.45) is 3.32. The molecule has 1 aromatic heterocycles. The van der Waals surface area contributed by atoms with Crippen LogP contribution in [0.4, 0.5) is 0 Å². The van der Waals surface area contributed by atoms with Crippen molar-refractivity contribution in [1.29, 1.82) is 0 Å². The molecule has 0 fully saturated rings. The number of nitrogens with zero attached hydrogens (tertiary/aromatic N) is 2. The minimum Gasteiger partial charge on any atom is -0.294 e. The second-order valence-electron chi connectivity index (χ2n) is 4.26. The fraction of sp³-hybridized carbons (Fsp3) is 0.357. The van der Waals surface area contributed by atoms with E-state index in [0.717, 1.165) is 26.4 Å². The number of ketones is 1. The van der Waals surface area contributed by atoms with Gasteiger partial charge >= 0.3 is 0 Å². The summed E-state index contributed by atoms with van der Waals surface area (Å²) in [7, 11) is 0. The summed E-state index contributed by atoms with van der Waals surface area (Å²) in [6.45, 7) is 2.12. The van der Waals surface area contributed by atoms with Crippen LogP contribution in [0.5, 0.6) is 0 Å². The fourth-order valence-electron chi connectivity index (χ4n) is 1.63. The Kier molecular flexibility index (Phi) is 6.54. The van der Waals surface area contributed by atoms with E-state index in [1.54, 1.807) is 29.6 Å². The largest absolute Gasteiger partial charge is 0.294 e. The van der Waals surface area contributed by atoms with E-state index in [1.807, 2.05) is 18.4 Å². The van der Waals surface area contributed by atoms with Crippen molar-refractivity contribution in [1.82, 2.24) is 10.2 Å². The zero-order valence-electron chi connectivity index (χ0n) is 11.8. The summed E-state index contributed by atoms with van der Waals surface area (Å²) >= 11 is 10.9. The molecule has 0 N–H and O–H groups in total. The Morgan fingerprint density at radius 1 is 1.38 bits per heavy atom. The van der Waals surface area contributed by atoms with Crippen LogP contribution in [0.1, 0.15) is 28.7 Å². The number of aromatic nitrogens is 2. The molecule has 0 unspecified atom stereocenters. The Bertz CT molecular complexity index is 630. The maximum Gasteiger partial charge on any atom is 0.174 e. The first kappa shape index (κ1) is 16.8. The fourth-order valence-corrected chi connectivity index (χ4v) is 4.12. The van der Waals surface area contributed by atoms with Crippen molar-refractivity contribution in [3.63, 3.8) is 0 Å². The Hall–Kier alpha value is -0.560. The molecule has 0 bridgehead atoms. The van der Waals surface area contributed by atoms with Crippen molar-refractivity contribution >= 4 is 52.2 Å². The second kappa shape index (κ2) is 8.17. The number of benzene rings is 1. The zero-order chi connectivity index (χ0) is 15.2. The lowest BCUT2D eigenvalue weighted by Crippen LogP contribution is -2.04. The molecule has 0 spiro atoms. The Morgan fingerprint density at radius 2 is 2.19 bits per heavy atom. The molecule has 0 aliphatic rings. The van der Waals surface area contributed by atoms with Gasteiger partial charge in [0.1, 0.15) is 5.01 Å². The monoisotopic (exact) mass is 358 g/mol. The molecule has 21 heavy (non-hydrogen) atoms. The SMILES string of the molecule is CCCSc1nnc(CC(=O)c2cc(SC)ccc2Cl)s1. The van der Waals surface area contributed by atoms with E-state index in [4.69, 9.17) is 11.6 Å².